The lowest BCUT2D eigenvalue weighted by molar-refractivity contribution is -0.268. The van der Waals surface area contributed by atoms with Gasteiger partial charge in [0.15, 0.2) is 0 Å². The van der Waals surface area contributed by atoms with Gasteiger partial charge >= 0.3 is 0 Å². The number of ether oxygens (including phenoxy) is 5. The molecular weight excluding hydrogens is 608 g/mol. The summed E-state index contributed by atoms with van der Waals surface area (Å²) >= 11 is 0. The van der Waals surface area contributed by atoms with Crippen LogP contribution in [-0.2, 0) is 27.4 Å². The Morgan fingerprint density at radius 2 is 1.52 bits per heavy atom. The van der Waals surface area contributed by atoms with Crippen LogP contribution in [0.5, 0.6) is 11.5 Å². The molecule has 4 aromatic rings. The summed E-state index contributed by atoms with van der Waals surface area (Å²) in [7, 11) is 0. The summed E-state index contributed by atoms with van der Waals surface area (Å²) in [6.07, 6.45) is -0.00938. The van der Waals surface area contributed by atoms with Crippen molar-refractivity contribution in [3.63, 3.8) is 0 Å². The van der Waals surface area contributed by atoms with E-state index >= 15 is 0 Å². The minimum Gasteiger partial charge on any atom is -0.530 e. The van der Waals surface area contributed by atoms with Gasteiger partial charge in [-0.1, -0.05) is 60.7 Å². The highest BCUT2D eigenvalue weighted by Crippen LogP contribution is 2.32. The highest BCUT2D eigenvalue weighted by Gasteiger charge is 2.31. The zero-order valence-electron chi connectivity index (χ0n) is 27.5. The smallest absolute Gasteiger partial charge is 0.137 e. The summed E-state index contributed by atoms with van der Waals surface area (Å²) in [6, 6.07) is 30.6. The standard InChI is InChI=1S/C39H46N2O7/c42-39(43)41-16-15-37(32-9-12-35(13-10-32)46-21-4-20-45-28-30-5-2-1-3-6-30)38(27-41)48-29-31-7-8-34-26-36(14-11-33(34)25-31)47-24-19-40-17-22-44-23-18-40/h1-3,5-14,25-26,37-38H,4,15-24,27-29H2,(H,42,43)/p-1. The fraction of sp³-hybridized carbons (Fsp3) is 0.410. The summed E-state index contributed by atoms with van der Waals surface area (Å²) in [5, 5.41) is 13.9. The van der Waals surface area contributed by atoms with Crippen molar-refractivity contribution in [3.8, 4) is 11.5 Å². The molecule has 4 aromatic carbocycles. The van der Waals surface area contributed by atoms with Crippen molar-refractivity contribution in [2.75, 3.05) is 65.8 Å². The summed E-state index contributed by atoms with van der Waals surface area (Å²) in [5.74, 6) is 1.71. The molecule has 2 unspecified atom stereocenters. The van der Waals surface area contributed by atoms with Crippen LogP contribution in [0.15, 0.2) is 91.0 Å². The second-order valence-electron chi connectivity index (χ2n) is 12.4. The average molecular weight is 654 g/mol. The molecule has 0 spiro atoms. The number of hydrogen-bond acceptors (Lipinski definition) is 8. The fourth-order valence-electron chi connectivity index (χ4n) is 6.33. The third-order valence-electron chi connectivity index (χ3n) is 9.06. The number of rotatable bonds is 15. The van der Waals surface area contributed by atoms with Crippen LogP contribution in [0.3, 0.4) is 0 Å². The molecule has 2 heterocycles. The summed E-state index contributed by atoms with van der Waals surface area (Å²) < 4.78 is 29.6. The molecule has 2 aliphatic rings. The Kier molecular flexibility index (Phi) is 12.2. The van der Waals surface area contributed by atoms with Crippen LogP contribution in [0.2, 0.25) is 0 Å². The molecule has 9 nitrogen and oxygen atoms in total. The van der Waals surface area contributed by atoms with E-state index in [-0.39, 0.29) is 18.6 Å². The largest absolute Gasteiger partial charge is 0.530 e. The number of piperidine rings is 1. The van der Waals surface area contributed by atoms with E-state index in [9.17, 15) is 9.90 Å². The van der Waals surface area contributed by atoms with E-state index in [0.717, 1.165) is 78.2 Å². The van der Waals surface area contributed by atoms with E-state index < -0.39 is 6.09 Å². The Balaban J connectivity index is 0.997. The van der Waals surface area contributed by atoms with Gasteiger partial charge in [-0.15, -0.1) is 0 Å². The molecule has 2 aliphatic heterocycles. The number of fused-ring (bicyclic) bond motifs is 1. The van der Waals surface area contributed by atoms with Gasteiger partial charge in [0.1, 0.15) is 24.2 Å². The molecule has 0 N–H and O–H groups in total. The minimum atomic E-state index is -1.16. The Morgan fingerprint density at radius 1 is 0.771 bits per heavy atom. The van der Waals surface area contributed by atoms with Crippen molar-refractivity contribution in [3.05, 3.63) is 108 Å². The average Bonchev–Trinajstić information content (AvgIpc) is 3.13. The number of carbonyl (C=O) groups excluding carboxylic acids is 1. The summed E-state index contributed by atoms with van der Waals surface area (Å²) in [6.45, 7) is 7.87. The third-order valence-corrected chi connectivity index (χ3v) is 9.06. The molecule has 2 fully saturated rings. The van der Waals surface area contributed by atoms with Crippen molar-refractivity contribution in [1.82, 2.24) is 9.80 Å². The van der Waals surface area contributed by atoms with Crippen LogP contribution < -0.4 is 14.6 Å². The number of morpholine rings is 1. The normalized spacial score (nSPS) is 18.5. The predicted molar refractivity (Wildman–Crippen MR) is 182 cm³/mol. The van der Waals surface area contributed by atoms with Crippen molar-refractivity contribution in [2.45, 2.75) is 38.1 Å². The van der Waals surface area contributed by atoms with E-state index in [1.54, 1.807) is 0 Å². The maximum Gasteiger partial charge on any atom is 0.137 e. The van der Waals surface area contributed by atoms with Gasteiger partial charge in [-0.2, -0.15) is 0 Å². The molecule has 1 amide bonds. The van der Waals surface area contributed by atoms with Crippen molar-refractivity contribution < 1.29 is 33.6 Å². The number of hydrogen-bond donors (Lipinski definition) is 0. The van der Waals surface area contributed by atoms with E-state index in [1.807, 2.05) is 36.4 Å². The van der Waals surface area contributed by atoms with Gasteiger partial charge in [0.05, 0.1) is 45.7 Å². The topological polar surface area (TPSA) is 92.8 Å². The second-order valence-corrected chi connectivity index (χ2v) is 12.4. The number of benzene rings is 4. The maximum atomic E-state index is 11.7. The van der Waals surface area contributed by atoms with Gasteiger partial charge in [-0.25, -0.2) is 0 Å². The molecule has 0 aliphatic carbocycles. The predicted octanol–water partition coefficient (Wildman–Crippen LogP) is 5.25. The quantitative estimate of drug-likeness (QED) is 0.161. The van der Waals surface area contributed by atoms with Gasteiger partial charge in [0, 0.05) is 45.1 Å². The number of amides is 1. The lowest BCUT2D eigenvalue weighted by Gasteiger charge is -2.40. The molecule has 0 bridgehead atoms. The molecule has 6 rings (SSSR count). The van der Waals surface area contributed by atoms with Crippen LogP contribution in [0.4, 0.5) is 4.79 Å². The van der Waals surface area contributed by atoms with Crippen LogP contribution >= 0.6 is 0 Å². The molecule has 0 saturated carbocycles. The number of carboxylic acid groups (broad SMARTS) is 1. The van der Waals surface area contributed by atoms with Crippen LogP contribution in [0.25, 0.3) is 10.8 Å². The number of nitrogens with zero attached hydrogens (tertiary/aromatic N) is 2. The van der Waals surface area contributed by atoms with Crippen molar-refractivity contribution in [2.24, 2.45) is 0 Å². The first kappa shape index (κ1) is 33.7. The lowest BCUT2D eigenvalue weighted by Crippen LogP contribution is -2.51. The highest BCUT2D eigenvalue weighted by atomic mass is 16.5. The molecular formula is C39H45N2O7-. The fourth-order valence-corrected chi connectivity index (χ4v) is 6.33. The Labute approximate surface area is 282 Å². The van der Waals surface area contributed by atoms with Crippen LogP contribution in [0.1, 0.15) is 35.4 Å². The minimum absolute atomic E-state index is 0.0543. The summed E-state index contributed by atoms with van der Waals surface area (Å²) in [5.41, 5.74) is 3.30. The molecule has 2 atom stereocenters. The molecule has 9 heteroatoms. The zero-order chi connectivity index (χ0) is 33.0. The highest BCUT2D eigenvalue weighted by molar-refractivity contribution is 5.84. The van der Waals surface area contributed by atoms with Crippen molar-refractivity contribution in [1.29, 1.82) is 0 Å². The molecule has 0 aromatic heterocycles. The SMILES string of the molecule is O=C([O-])N1CCC(c2ccc(OCCCOCc3ccccc3)cc2)C(OCc2ccc3cc(OCCN4CCOCC4)ccc3c2)C1. The first-order chi connectivity index (χ1) is 23.6. The van der Waals surface area contributed by atoms with E-state index in [1.165, 1.54) is 4.90 Å². The first-order valence-corrected chi connectivity index (χ1v) is 17.0. The zero-order valence-corrected chi connectivity index (χ0v) is 27.5. The molecule has 254 valence electrons. The third kappa shape index (κ3) is 9.70. The second kappa shape index (κ2) is 17.3. The van der Waals surface area contributed by atoms with Gasteiger partial charge in [-0.05, 0) is 64.2 Å². The van der Waals surface area contributed by atoms with Gasteiger partial charge < -0.3 is 38.5 Å². The molecule has 48 heavy (non-hydrogen) atoms. The Bertz CT molecular complexity index is 1580. The van der Waals surface area contributed by atoms with E-state index in [4.69, 9.17) is 23.7 Å². The lowest BCUT2D eigenvalue weighted by atomic mass is 9.87. The van der Waals surface area contributed by atoms with Gasteiger partial charge in [0.25, 0.3) is 0 Å². The van der Waals surface area contributed by atoms with Gasteiger partial charge in [-0.3, -0.25) is 4.90 Å². The monoisotopic (exact) mass is 653 g/mol. The van der Waals surface area contributed by atoms with Crippen molar-refractivity contribution >= 4 is 16.9 Å². The maximum absolute atomic E-state index is 11.7. The first-order valence-electron chi connectivity index (χ1n) is 17.0. The van der Waals surface area contributed by atoms with E-state index in [0.29, 0.717) is 46.0 Å². The molecule has 0 radical (unpaired) electrons. The van der Waals surface area contributed by atoms with Crippen LogP contribution in [0, 0.1) is 0 Å². The number of carbonyl (C=O) groups is 1. The Hall–Kier alpha value is -4.15. The van der Waals surface area contributed by atoms with E-state index in [2.05, 4.69) is 59.5 Å². The van der Waals surface area contributed by atoms with Gasteiger partial charge in [0.2, 0.25) is 0 Å². The number of likely N-dealkylation sites (tertiary alicyclic amines) is 1. The molecule has 2 saturated heterocycles. The summed E-state index contributed by atoms with van der Waals surface area (Å²) in [4.78, 5) is 15.4. The Morgan fingerprint density at radius 3 is 2.33 bits per heavy atom. The van der Waals surface area contributed by atoms with Crippen LogP contribution in [-0.4, -0.2) is 87.8 Å².